The van der Waals surface area contributed by atoms with E-state index < -0.39 is 0 Å². The number of carbonyl (C=O) groups is 2. The van der Waals surface area contributed by atoms with Gasteiger partial charge in [0.1, 0.15) is 0 Å². The molecule has 2 rings (SSSR count). The van der Waals surface area contributed by atoms with Gasteiger partial charge >= 0.3 is 122 Å². The Labute approximate surface area is 122 Å². The number of nitrogens with zero attached hydrogens (tertiary/aromatic N) is 1. The van der Waals surface area contributed by atoms with Gasteiger partial charge in [-0.2, -0.15) is 0 Å². The molecule has 0 fully saturated rings. The third kappa shape index (κ3) is 3.35. The molecule has 104 valence electrons. The van der Waals surface area contributed by atoms with E-state index in [1.807, 2.05) is 6.07 Å². The molecule has 6 heteroatoms. The third-order valence-corrected chi connectivity index (χ3v) is 4.72. The van der Waals surface area contributed by atoms with Crippen LogP contribution in [-0.4, -0.2) is 38.0 Å². The number of esters is 1. The van der Waals surface area contributed by atoms with E-state index in [4.69, 9.17) is 4.74 Å². The molecular weight excluding hydrogens is 323 g/mol. The Hall–Kier alpha value is -1.91. The molecule has 1 N–H and O–H groups in total. The van der Waals surface area contributed by atoms with Crippen LogP contribution in [-0.2, 0) is 4.74 Å². The number of nitrogens with one attached hydrogen (secondary N) is 1. The van der Waals surface area contributed by atoms with Gasteiger partial charge < -0.3 is 0 Å². The number of carbonyl (C=O) groups excluding carboxylic acids is 2. The van der Waals surface area contributed by atoms with E-state index in [0.717, 1.165) is 0 Å². The number of benzene rings is 1. The second-order valence-corrected chi connectivity index (χ2v) is 6.07. The Morgan fingerprint density at radius 1 is 1.30 bits per heavy atom. The maximum absolute atomic E-state index is 12.0. The first-order valence-electron chi connectivity index (χ1n) is 6.12. The van der Waals surface area contributed by atoms with Crippen molar-refractivity contribution in [2.24, 2.45) is 0 Å². The summed E-state index contributed by atoms with van der Waals surface area (Å²) < 4.78 is 6.06. The number of anilines is 1. The summed E-state index contributed by atoms with van der Waals surface area (Å²) >= 11 is -0.319. The zero-order valence-electron chi connectivity index (χ0n) is 11.2. The van der Waals surface area contributed by atoms with Crippen molar-refractivity contribution in [1.82, 2.24) is 4.98 Å². The Kier molecular flexibility index (Phi) is 4.71. The third-order valence-electron chi connectivity index (χ3n) is 2.51. The first-order valence-corrected chi connectivity index (χ1v) is 7.84. The SMILES string of the molecule is CCOC(=O)c1[se]c(NC(=O)c2ccccc2)nc1C. The quantitative estimate of drug-likeness (QED) is 0.683. The van der Waals surface area contributed by atoms with Gasteiger partial charge in [0.2, 0.25) is 0 Å². The van der Waals surface area contributed by atoms with Crippen molar-refractivity contribution in [1.29, 1.82) is 0 Å². The van der Waals surface area contributed by atoms with Crippen LogP contribution < -0.4 is 5.32 Å². The van der Waals surface area contributed by atoms with E-state index in [1.165, 1.54) is 0 Å². The summed E-state index contributed by atoms with van der Waals surface area (Å²) in [6.45, 7) is 3.84. The van der Waals surface area contributed by atoms with E-state index in [1.54, 1.807) is 38.1 Å². The van der Waals surface area contributed by atoms with Crippen LogP contribution in [0.5, 0.6) is 0 Å². The second kappa shape index (κ2) is 6.50. The minimum absolute atomic E-state index is 0.218. The van der Waals surface area contributed by atoms with Crippen LogP contribution in [0.1, 0.15) is 32.2 Å². The molecule has 0 aliphatic rings. The number of aromatic nitrogens is 1. The number of amides is 1. The Balaban J connectivity index is 2.13. The van der Waals surface area contributed by atoms with Crippen LogP contribution in [0, 0.1) is 6.92 Å². The number of aryl methyl sites for hydroxylation is 1. The second-order valence-electron chi connectivity index (χ2n) is 3.97. The Morgan fingerprint density at radius 3 is 2.65 bits per heavy atom. The standard InChI is InChI=1S/C14H14N2O3Se/c1-3-19-13(18)11-9(2)15-14(20-11)16-12(17)10-7-5-4-6-8-10/h4-8H,3H2,1-2H3,(H,15,16,17). The normalized spacial score (nSPS) is 10.1. The fourth-order valence-corrected chi connectivity index (χ4v) is 3.39. The minimum atomic E-state index is -0.349. The molecule has 0 saturated carbocycles. The molecule has 20 heavy (non-hydrogen) atoms. The van der Waals surface area contributed by atoms with Gasteiger partial charge in [0.05, 0.1) is 0 Å². The Bertz CT molecular complexity index is 623. The molecule has 0 atom stereocenters. The van der Waals surface area contributed by atoms with Gasteiger partial charge in [-0.25, -0.2) is 0 Å². The molecule has 1 heterocycles. The van der Waals surface area contributed by atoms with Gasteiger partial charge in [0, 0.05) is 0 Å². The summed E-state index contributed by atoms with van der Waals surface area (Å²) in [4.78, 5) is 27.9. The monoisotopic (exact) mass is 338 g/mol. The van der Waals surface area contributed by atoms with Crippen molar-refractivity contribution in [2.75, 3.05) is 11.9 Å². The first kappa shape index (κ1) is 14.5. The van der Waals surface area contributed by atoms with Crippen molar-refractivity contribution in [3.05, 3.63) is 46.0 Å². The van der Waals surface area contributed by atoms with Crippen molar-refractivity contribution >= 4 is 31.1 Å². The van der Waals surface area contributed by atoms with Crippen molar-refractivity contribution in [3.8, 4) is 0 Å². The topological polar surface area (TPSA) is 68.3 Å². The fraction of sp³-hybridized carbons (Fsp3) is 0.214. The zero-order chi connectivity index (χ0) is 14.5. The molecule has 0 aliphatic carbocycles. The molecule has 0 aliphatic heterocycles. The van der Waals surface area contributed by atoms with E-state index in [9.17, 15) is 9.59 Å². The molecular formula is C14H14N2O3Se. The van der Waals surface area contributed by atoms with E-state index >= 15 is 0 Å². The number of hydrogen-bond donors (Lipinski definition) is 1. The summed E-state index contributed by atoms with van der Waals surface area (Å²) in [6.07, 6.45) is 0. The molecule has 0 saturated heterocycles. The maximum atomic E-state index is 12.0. The van der Waals surface area contributed by atoms with Crippen LogP contribution >= 0.6 is 0 Å². The van der Waals surface area contributed by atoms with Crippen molar-refractivity contribution in [2.45, 2.75) is 13.8 Å². The van der Waals surface area contributed by atoms with E-state index in [0.29, 0.717) is 27.0 Å². The predicted octanol–water partition coefficient (Wildman–Crippen LogP) is 1.88. The average Bonchev–Trinajstić information content (AvgIpc) is 2.81. The van der Waals surface area contributed by atoms with Gasteiger partial charge in [-0.3, -0.25) is 0 Å². The van der Waals surface area contributed by atoms with Crippen LogP contribution in [0.2, 0.25) is 0 Å². The molecule has 1 amide bonds. The summed E-state index contributed by atoms with van der Waals surface area (Å²) in [7, 11) is 0. The van der Waals surface area contributed by atoms with Gasteiger partial charge in [-0.05, 0) is 0 Å². The molecule has 2 aromatic rings. The molecule has 0 bridgehead atoms. The molecule has 5 nitrogen and oxygen atoms in total. The van der Waals surface area contributed by atoms with Crippen LogP contribution in [0.25, 0.3) is 0 Å². The zero-order valence-corrected chi connectivity index (χ0v) is 12.9. The summed E-state index contributed by atoms with van der Waals surface area (Å²) in [6, 6.07) is 8.89. The van der Waals surface area contributed by atoms with Gasteiger partial charge in [-0.1, -0.05) is 0 Å². The van der Waals surface area contributed by atoms with Crippen LogP contribution in [0.3, 0.4) is 0 Å². The van der Waals surface area contributed by atoms with Gasteiger partial charge in [0.15, 0.2) is 0 Å². The number of ether oxygens (including phenoxy) is 1. The predicted molar refractivity (Wildman–Crippen MR) is 76.3 cm³/mol. The number of hydrogen-bond acceptors (Lipinski definition) is 4. The molecule has 1 aromatic heterocycles. The first-order chi connectivity index (χ1) is 9.61. The van der Waals surface area contributed by atoms with Crippen LogP contribution in [0.15, 0.2) is 30.3 Å². The summed E-state index contributed by atoms with van der Waals surface area (Å²) in [5.41, 5.74) is 1.18. The van der Waals surface area contributed by atoms with Gasteiger partial charge in [-0.15, -0.1) is 0 Å². The van der Waals surface area contributed by atoms with E-state index in [-0.39, 0.29) is 26.4 Å². The van der Waals surface area contributed by atoms with Crippen molar-refractivity contribution in [3.63, 3.8) is 0 Å². The molecule has 0 spiro atoms. The average molecular weight is 337 g/mol. The Morgan fingerprint density at radius 2 is 2.00 bits per heavy atom. The molecule has 0 radical (unpaired) electrons. The number of rotatable bonds is 4. The van der Waals surface area contributed by atoms with Crippen LogP contribution in [0.4, 0.5) is 4.69 Å². The molecule has 1 aromatic carbocycles. The molecule has 0 unspecified atom stereocenters. The van der Waals surface area contributed by atoms with E-state index in [2.05, 4.69) is 10.3 Å². The van der Waals surface area contributed by atoms with Crippen molar-refractivity contribution < 1.29 is 14.3 Å². The summed E-state index contributed by atoms with van der Waals surface area (Å²) in [5.74, 6) is -0.568. The fourth-order valence-electron chi connectivity index (χ4n) is 1.59. The van der Waals surface area contributed by atoms with Gasteiger partial charge in [0.25, 0.3) is 0 Å². The summed E-state index contributed by atoms with van der Waals surface area (Å²) in [5, 5.41) is 2.74.